The molecule has 208 valence electrons. The molecule has 11 heteroatoms. The summed E-state index contributed by atoms with van der Waals surface area (Å²) in [6.07, 6.45) is 0.732. The number of nitrogens with zero attached hydrogens (tertiary/aromatic N) is 2. The highest BCUT2D eigenvalue weighted by atomic mass is 79.9. The fourth-order valence-corrected chi connectivity index (χ4v) is 5.95. The number of methoxy groups -OCH3 is 1. The van der Waals surface area contributed by atoms with Crippen molar-refractivity contribution in [2.75, 3.05) is 24.5 Å². The monoisotopic (exact) mass is 635 g/mol. The van der Waals surface area contributed by atoms with Crippen molar-refractivity contribution in [3.63, 3.8) is 0 Å². The number of rotatable bonds is 12. The maximum atomic E-state index is 14.0. The van der Waals surface area contributed by atoms with Gasteiger partial charge >= 0.3 is 0 Å². The molecule has 3 aromatic carbocycles. The normalized spacial score (nSPS) is 11.9. The Hall–Kier alpha value is -3.08. The smallest absolute Gasteiger partial charge is 0.264 e. The Morgan fingerprint density at radius 3 is 2.41 bits per heavy atom. The molecule has 3 aromatic rings. The SMILES string of the molecule is CCCNC(=O)[C@H](C)N(Cc1cccc(Br)c1)C(=O)CN(c1cc(Cl)ccc1OC)S(=O)(=O)c1ccccc1. The molecule has 0 unspecified atom stereocenters. The topological polar surface area (TPSA) is 96.0 Å². The van der Waals surface area contributed by atoms with Gasteiger partial charge in [-0.3, -0.25) is 13.9 Å². The van der Waals surface area contributed by atoms with E-state index in [1.165, 1.54) is 36.3 Å². The first-order chi connectivity index (χ1) is 18.6. The minimum absolute atomic E-state index is 0.00731. The van der Waals surface area contributed by atoms with E-state index < -0.39 is 28.5 Å². The fourth-order valence-electron chi connectivity index (χ4n) is 3.90. The van der Waals surface area contributed by atoms with Crippen molar-refractivity contribution in [3.8, 4) is 5.75 Å². The maximum absolute atomic E-state index is 14.0. The number of nitrogens with one attached hydrogen (secondary N) is 1. The molecule has 39 heavy (non-hydrogen) atoms. The number of carbonyl (C=O) groups excluding carboxylic acids is 2. The van der Waals surface area contributed by atoms with Crippen LogP contribution in [0.2, 0.25) is 5.02 Å². The van der Waals surface area contributed by atoms with Gasteiger partial charge in [-0.15, -0.1) is 0 Å². The Kier molecular flexibility index (Phi) is 10.8. The summed E-state index contributed by atoms with van der Waals surface area (Å²) in [5.41, 5.74) is 0.873. The van der Waals surface area contributed by atoms with Crippen LogP contribution in [0.1, 0.15) is 25.8 Å². The molecule has 3 rings (SSSR count). The lowest BCUT2D eigenvalue weighted by Crippen LogP contribution is -2.51. The molecule has 0 aliphatic heterocycles. The summed E-state index contributed by atoms with van der Waals surface area (Å²) in [7, 11) is -2.83. The summed E-state index contributed by atoms with van der Waals surface area (Å²) in [6.45, 7) is 3.51. The lowest BCUT2D eigenvalue weighted by Gasteiger charge is -2.32. The van der Waals surface area contributed by atoms with Crippen LogP contribution in [0.5, 0.6) is 5.75 Å². The zero-order chi connectivity index (χ0) is 28.6. The van der Waals surface area contributed by atoms with Crippen LogP contribution in [0.25, 0.3) is 0 Å². The lowest BCUT2D eigenvalue weighted by molar-refractivity contribution is -0.139. The van der Waals surface area contributed by atoms with Crippen molar-refractivity contribution in [1.82, 2.24) is 10.2 Å². The summed E-state index contributed by atoms with van der Waals surface area (Å²) >= 11 is 9.68. The van der Waals surface area contributed by atoms with Crippen molar-refractivity contribution in [1.29, 1.82) is 0 Å². The Balaban J connectivity index is 2.08. The average Bonchev–Trinajstić information content (AvgIpc) is 2.93. The van der Waals surface area contributed by atoms with Crippen LogP contribution < -0.4 is 14.4 Å². The van der Waals surface area contributed by atoms with Gasteiger partial charge in [0, 0.05) is 22.6 Å². The van der Waals surface area contributed by atoms with E-state index in [0.29, 0.717) is 6.54 Å². The zero-order valence-corrected chi connectivity index (χ0v) is 25.1. The lowest BCUT2D eigenvalue weighted by atomic mass is 10.1. The predicted molar refractivity (Wildman–Crippen MR) is 156 cm³/mol. The number of hydrogen-bond acceptors (Lipinski definition) is 5. The first-order valence-electron chi connectivity index (χ1n) is 12.3. The molecule has 0 aromatic heterocycles. The second-order valence-electron chi connectivity index (χ2n) is 8.76. The van der Waals surface area contributed by atoms with Gasteiger partial charge < -0.3 is 15.0 Å². The summed E-state index contributed by atoms with van der Waals surface area (Å²) < 4.78 is 35.0. The van der Waals surface area contributed by atoms with Gasteiger partial charge in [0.1, 0.15) is 18.3 Å². The van der Waals surface area contributed by atoms with Crippen molar-refractivity contribution < 1.29 is 22.7 Å². The summed E-state index contributed by atoms with van der Waals surface area (Å²) in [6, 6.07) is 18.8. The van der Waals surface area contributed by atoms with E-state index >= 15 is 0 Å². The molecule has 0 fully saturated rings. The van der Waals surface area contributed by atoms with Gasteiger partial charge in [-0.1, -0.05) is 64.8 Å². The minimum Gasteiger partial charge on any atom is -0.495 e. The molecule has 0 heterocycles. The van der Waals surface area contributed by atoms with Crippen LogP contribution in [0.3, 0.4) is 0 Å². The van der Waals surface area contributed by atoms with Gasteiger partial charge in [-0.25, -0.2) is 8.42 Å². The summed E-state index contributed by atoms with van der Waals surface area (Å²) in [5.74, 6) is -0.687. The van der Waals surface area contributed by atoms with Crippen molar-refractivity contribution in [2.24, 2.45) is 0 Å². The quantitative estimate of drug-likeness (QED) is 0.293. The fraction of sp³-hybridized carbons (Fsp3) is 0.286. The van der Waals surface area contributed by atoms with Crippen molar-refractivity contribution >= 4 is 55.1 Å². The van der Waals surface area contributed by atoms with E-state index in [9.17, 15) is 18.0 Å². The molecule has 0 saturated heterocycles. The molecule has 0 aliphatic carbocycles. The number of anilines is 1. The molecule has 1 atom stereocenters. The largest absolute Gasteiger partial charge is 0.495 e. The summed E-state index contributed by atoms with van der Waals surface area (Å²) in [5, 5.41) is 3.09. The highest BCUT2D eigenvalue weighted by molar-refractivity contribution is 9.10. The molecule has 1 N–H and O–H groups in total. The van der Waals surface area contributed by atoms with Gasteiger partial charge in [0.25, 0.3) is 10.0 Å². The first kappa shape index (κ1) is 30.5. The molecule has 0 saturated carbocycles. The second kappa shape index (κ2) is 13.8. The molecular formula is C28H31BrClN3O5S. The summed E-state index contributed by atoms with van der Waals surface area (Å²) in [4.78, 5) is 28.3. The first-order valence-corrected chi connectivity index (χ1v) is 14.9. The second-order valence-corrected chi connectivity index (χ2v) is 12.0. The number of ether oxygens (including phenoxy) is 1. The van der Waals surface area contributed by atoms with Crippen molar-refractivity contribution in [2.45, 2.75) is 37.8 Å². The molecular weight excluding hydrogens is 606 g/mol. The molecule has 8 nitrogen and oxygen atoms in total. The highest BCUT2D eigenvalue weighted by Crippen LogP contribution is 2.35. The molecule has 0 radical (unpaired) electrons. The minimum atomic E-state index is -4.23. The Bertz CT molecular complexity index is 1410. The van der Waals surface area contributed by atoms with E-state index in [4.69, 9.17) is 16.3 Å². The molecule has 0 spiro atoms. The standard InChI is InChI=1S/C28H31BrClN3O5S/c1-4-15-31-28(35)20(2)32(18-21-9-8-10-22(29)16-21)27(34)19-33(25-17-23(30)13-14-26(25)38-3)39(36,37)24-11-6-5-7-12-24/h5-14,16-17,20H,4,15,18-19H2,1-3H3,(H,31,35)/t20-/m0/s1. The van der Waals surface area contributed by atoms with E-state index in [1.54, 1.807) is 31.2 Å². The van der Waals surface area contributed by atoms with E-state index in [2.05, 4.69) is 21.2 Å². The molecule has 0 aliphatic rings. The van der Waals surface area contributed by atoms with Crippen LogP contribution in [0.15, 0.2) is 82.2 Å². The van der Waals surface area contributed by atoms with Crippen molar-refractivity contribution in [3.05, 3.63) is 87.9 Å². The van der Waals surface area contributed by atoms with E-state index in [-0.39, 0.29) is 33.8 Å². The van der Waals surface area contributed by atoms with Gasteiger partial charge in [-0.05, 0) is 61.4 Å². The number of carbonyl (C=O) groups is 2. The maximum Gasteiger partial charge on any atom is 0.264 e. The number of sulfonamides is 1. The number of benzene rings is 3. The number of hydrogen-bond donors (Lipinski definition) is 1. The third-order valence-electron chi connectivity index (χ3n) is 5.98. The Labute approximate surface area is 243 Å². The molecule has 0 bridgehead atoms. The van der Waals surface area contributed by atoms with Gasteiger partial charge in [0.15, 0.2) is 0 Å². The van der Waals surface area contributed by atoms with Gasteiger partial charge in [-0.2, -0.15) is 0 Å². The van der Waals surface area contributed by atoms with Crippen LogP contribution in [-0.4, -0.2) is 51.4 Å². The third kappa shape index (κ3) is 7.74. The van der Waals surface area contributed by atoms with Crippen LogP contribution in [0.4, 0.5) is 5.69 Å². The number of amides is 2. The molecule has 2 amide bonds. The number of halogens is 2. The van der Waals surface area contributed by atoms with Gasteiger partial charge in [0.2, 0.25) is 11.8 Å². The third-order valence-corrected chi connectivity index (χ3v) is 8.48. The van der Waals surface area contributed by atoms with E-state index in [1.807, 2.05) is 31.2 Å². The zero-order valence-electron chi connectivity index (χ0n) is 21.9. The predicted octanol–water partition coefficient (Wildman–Crippen LogP) is 5.25. The van der Waals surface area contributed by atoms with E-state index in [0.717, 1.165) is 20.8 Å². The van der Waals surface area contributed by atoms with Crippen LogP contribution in [-0.2, 0) is 26.2 Å². The van der Waals surface area contributed by atoms with Crippen LogP contribution in [0, 0.1) is 0 Å². The van der Waals surface area contributed by atoms with Crippen LogP contribution >= 0.6 is 27.5 Å². The average molecular weight is 637 g/mol. The Morgan fingerprint density at radius 1 is 1.05 bits per heavy atom. The Morgan fingerprint density at radius 2 is 1.77 bits per heavy atom. The van der Waals surface area contributed by atoms with Gasteiger partial charge in [0.05, 0.1) is 17.7 Å². The highest BCUT2D eigenvalue weighted by Gasteiger charge is 2.33.